The number of aliphatic hydroxyl groups excluding tert-OH is 1. The van der Waals surface area contributed by atoms with E-state index < -0.39 is 0 Å². The van der Waals surface area contributed by atoms with E-state index in [0.29, 0.717) is 37.4 Å². The fraction of sp³-hybridized carbons (Fsp3) is 0.0370. The van der Waals surface area contributed by atoms with Crippen LogP contribution >= 0.6 is 46.4 Å². The van der Waals surface area contributed by atoms with E-state index in [4.69, 9.17) is 51.1 Å². The molecule has 0 bridgehead atoms. The van der Waals surface area contributed by atoms with Crippen molar-refractivity contribution in [3.63, 3.8) is 0 Å². The zero-order valence-corrected chi connectivity index (χ0v) is 21.2. The Morgan fingerprint density at radius 3 is 1.80 bits per heavy atom. The largest absolute Gasteiger partial charge is 0.454 e. The van der Waals surface area contributed by atoms with E-state index in [0.717, 1.165) is 21.9 Å². The Hall–Kier alpha value is -2.86. The van der Waals surface area contributed by atoms with Crippen molar-refractivity contribution >= 4 is 57.2 Å². The van der Waals surface area contributed by atoms with Crippen LogP contribution in [-0.2, 0) is 6.61 Å². The number of nitrogens with zero attached hydrogens (tertiary/aromatic N) is 2. The molecule has 4 aromatic carbocycles. The predicted octanol–water partition coefficient (Wildman–Crippen LogP) is 8.88. The van der Waals surface area contributed by atoms with Crippen molar-refractivity contribution in [2.24, 2.45) is 0 Å². The second kappa shape index (κ2) is 11.7. The molecule has 176 valence electrons. The van der Waals surface area contributed by atoms with Gasteiger partial charge in [0.05, 0.1) is 16.7 Å². The van der Waals surface area contributed by atoms with Gasteiger partial charge in [-0.25, -0.2) is 9.97 Å². The SMILES string of the molecule is Clc1ccc(Oc2ccc(Cl)cc2Cl)c(Cl)c1.OCc1cccc2c(-c3ncccn3)cccc12. The van der Waals surface area contributed by atoms with Crippen molar-refractivity contribution in [1.82, 2.24) is 9.97 Å². The van der Waals surface area contributed by atoms with Gasteiger partial charge in [-0.05, 0) is 58.8 Å². The zero-order chi connectivity index (χ0) is 24.8. The van der Waals surface area contributed by atoms with Gasteiger partial charge in [-0.1, -0.05) is 82.8 Å². The van der Waals surface area contributed by atoms with E-state index in [-0.39, 0.29) is 6.61 Å². The van der Waals surface area contributed by atoms with Crippen molar-refractivity contribution < 1.29 is 9.84 Å². The molecule has 0 spiro atoms. The second-order valence-electron chi connectivity index (χ2n) is 7.30. The number of aromatic nitrogens is 2. The van der Waals surface area contributed by atoms with E-state index in [9.17, 15) is 5.11 Å². The topological polar surface area (TPSA) is 55.2 Å². The fourth-order valence-corrected chi connectivity index (χ4v) is 4.27. The van der Waals surface area contributed by atoms with Gasteiger partial charge in [0.25, 0.3) is 0 Å². The molecule has 0 atom stereocenters. The number of aliphatic hydroxyl groups is 1. The third kappa shape index (κ3) is 6.23. The summed E-state index contributed by atoms with van der Waals surface area (Å²) in [5, 5.41) is 13.4. The Morgan fingerprint density at radius 1 is 0.657 bits per heavy atom. The lowest BCUT2D eigenvalue weighted by molar-refractivity contribution is 0.283. The molecule has 5 aromatic rings. The molecule has 0 aliphatic rings. The minimum absolute atomic E-state index is 0.0381. The highest BCUT2D eigenvalue weighted by atomic mass is 35.5. The highest BCUT2D eigenvalue weighted by Gasteiger charge is 2.08. The molecule has 1 heterocycles. The number of halogens is 4. The molecule has 0 amide bonds. The molecule has 0 aliphatic heterocycles. The third-order valence-corrected chi connectivity index (χ3v) is 6.06. The lowest BCUT2D eigenvalue weighted by atomic mass is 10.00. The number of benzene rings is 4. The van der Waals surface area contributed by atoms with Crippen LogP contribution in [0.2, 0.25) is 20.1 Å². The van der Waals surface area contributed by atoms with Crippen molar-refractivity contribution in [2.75, 3.05) is 0 Å². The molecule has 0 saturated heterocycles. The standard InChI is InChI=1S/C15H12N2O.C12H6Cl4O/c18-10-11-4-1-6-13-12(11)5-2-7-14(13)15-16-8-3-9-17-15;13-7-1-3-11(9(15)5-7)17-12-4-2-8(14)6-10(12)16/h1-9,18H,10H2;1-6H. The number of ether oxygens (including phenoxy) is 1. The molecule has 1 N–H and O–H groups in total. The average molecular weight is 544 g/mol. The third-order valence-electron chi connectivity index (χ3n) is 5.00. The molecular formula is C27H18Cl4N2O2. The molecule has 35 heavy (non-hydrogen) atoms. The van der Waals surface area contributed by atoms with E-state index in [1.165, 1.54) is 0 Å². The summed E-state index contributed by atoms with van der Waals surface area (Å²) < 4.78 is 5.57. The van der Waals surface area contributed by atoms with Gasteiger partial charge in [0.15, 0.2) is 5.82 Å². The monoisotopic (exact) mass is 542 g/mol. The van der Waals surface area contributed by atoms with E-state index in [1.807, 2.05) is 36.4 Å². The first-order chi connectivity index (χ1) is 17.0. The van der Waals surface area contributed by atoms with Crippen LogP contribution < -0.4 is 4.74 Å². The van der Waals surface area contributed by atoms with Gasteiger partial charge in [0.2, 0.25) is 0 Å². The number of hydrogen-bond donors (Lipinski definition) is 1. The summed E-state index contributed by atoms with van der Waals surface area (Å²) in [7, 11) is 0. The quantitative estimate of drug-likeness (QED) is 0.246. The molecule has 1 aromatic heterocycles. The van der Waals surface area contributed by atoms with Gasteiger partial charge < -0.3 is 9.84 Å². The van der Waals surface area contributed by atoms with Crippen LogP contribution in [-0.4, -0.2) is 15.1 Å². The van der Waals surface area contributed by atoms with Crippen LogP contribution in [0.25, 0.3) is 22.2 Å². The Bertz CT molecular complexity index is 1410. The van der Waals surface area contributed by atoms with Crippen LogP contribution in [0.3, 0.4) is 0 Å². The fourth-order valence-electron chi connectivity index (χ4n) is 3.38. The summed E-state index contributed by atoms with van der Waals surface area (Å²) in [6.45, 7) is 0.0381. The maximum absolute atomic E-state index is 9.37. The Labute approximate surface area is 222 Å². The van der Waals surface area contributed by atoms with Crippen LogP contribution in [0, 0.1) is 0 Å². The predicted molar refractivity (Wildman–Crippen MR) is 144 cm³/mol. The highest BCUT2D eigenvalue weighted by molar-refractivity contribution is 6.36. The summed E-state index contributed by atoms with van der Waals surface area (Å²) in [4.78, 5) is 8.56. The van der Waals surface area contributed by atoms with Crippen LogP contribution in [0.4, 0.5) is 0 Å². The molecule has 0 aliphatic carbocycles. The van der Waals surface area contributed by atoms with Crippen LogP contribution in [0.15, 0.2) is 91.3 Å². The van der Waals surface area contributed by atoms with Crippen LogP contribution in [0.5, 0.6) is 11.5 Å². The summed E-state index contributed by atoms with van der Waals surface area (Å²) in [5.41, 5.74) is 1.91. The summed E-state index contributed by atoms with van der Waals surface area (Å²) in [6, 6.07) is 23.6. The molecule has 5 rings (SSSR count). The minimum atomic E-state index is 0.0381. The van der Waals surface area contributed by atoms with Gasteiger partial charge >= 0.3 is 0 Å². The summed E-state index contributed by atoms with van der Waals surface area (Å²) in [5.74, 6) is 1.68. The highest BCUT2D eigenvalue weighted by Crippen LogP contribution is 2.36. The zero-order valence-electron chi connectivity index (χ0n) is 18.1. The van der Waals surface area contributed by atoms with Gasteiger partial charge in [-0.2, -0.15) is 0 Å². The average Bonchev–Trinajstić information content (AvgIpc) is 2.87. The van der Waals surface area contributed by atoms with Gasteiger partial charge in [-0.3, -0.25) is 0 Å². The van der Waals surface area contributed by atoms with Gasteiger partial charge in [0, 0.05) is 28.0 Å². The molecule has 0 unspecified atom stereocenters. The first-order valence-electron chi connectivity index (χ1n) is 10.4. The lowest BCUT2D eigenvalue weighted by Crippen LogP contribution is -1.91. The molecule has 0 radical (unpaired) electrons. The van der Waals surface area contributed by atoms with E-state index >= 15 is 0 Å². The second-order valence-corrected chi connectivity index (χ2v) is 8.99. The van der Waals surface area contributed by atoms with E-state index in [1.54, 1.807) is 54.9 Å². The Kier molecular flexibility index (Phi) is 8.45. The maximum atomic E-state index is 9.37. The molecule has 4 nitrogen and oxygen atoms in total. The molecule has 8 heteroatoms. The van der Waals surface area contributed by atoms with Gasteiger partial charge in [-0.15, -0.1) is 0 Å². The molecule has 0 saturated carbocycles. The lowest BCUT2D eigenvalue weighted by Gasteiger charge is -2.09. The number of rotatable bonds is 4. The van der Waals surface area contributed by atoms with E-state index in [2.05, 4.69) is 9.97 Å². The summed E-state index contributed by atoms with van der Waals surface area (Å²) >= 11 is 23.5. The smallest absolute Gasteiger partial charge is 0.159 e. The molecular weight excluding hydrogens is 526 g/mol. The number of fused-ring (bicyclic) bond motifs is 1. The van der Waals surface area contributed by atoms with Crippen molar-refractivity contribution in [2.45, 2.75) is 6.61 Å². The Morgan fingerprint density at radius 2 is 1.23 bits per heavy atom. The van der Waals surface area contributed by atoms with Gasteiger partial charge in [0.1, 0.15) is 11.5 Å². The first kappa shape index (κ1) is 25.2. The Balaban J connectivity index is 0.000000165. The minimum Gasteiger partial charge on any atom is -0.454 e. The summed E-state index contributed by atoms with van der Waals surface area (Å²) in [6.07, 6.45) is 3.47. The van der Waals surface area contributed by atoms with Crippen molar-refractivity contribution in [3.05, 3.63) is 117 Å². The molecule has 0 fully saturated rings. The normalized spacial score (nSPS) is 10.5. The maximum Gasteiger partial charge on any atom is 0.159 e. The first-order valence-corrected chi connectivity index (χ1v) is 11.9. The van der Waals surface area contributed by atoms with Crippen molar-refractivity contribution in [1.29, 1.82) is 0 Å². The number of hydrogen-bond acceptors (Lipinski definition) is 4. The van der Waals surface area contributed by atoms with Crippen LogP contribution in [0.1, 0.15) is 5.56 Å². The van der Waals surface area contributed by atoms with Crippen molar-refractivity contribution in [3.8, 4) is 22.9 Å².